The summed E-state index contributed by atoms with van der Waals surface area (Å²) in [5, 5.41) is 3.83. The standard InChI is InChI=1S/C13H19ClN4OS/c1-20-10-5-3-2-4-9(10)16-13(19)8-6-11(14)17-12(7-8)18-15/h6-7,9-10H,2-5,15H2,1H3,(H,16,19)(H,17,18). The summed E-state index contributed by atoms with van der Waals surface area (Å²) in [7, 11) is 0. The van der Waals surface area contributed by atoms with Crippen molar-refractivity contribution in [3.05, 3.63) is 22.8 Å². The molecule has 0 aromatic carbocycles. The van der Waals surface area contributed by atoms with Gasteiger partial charge in [-0.3, -0.25) is 4.79 Å². The topological polar surface area (TPSA) is 80.0 Å². The van der Waals surface area contributed by atoms with Gasteiger partial charge in [0.2, 0.25) is 0 Å². The molecule has 2 unspecified atom stereocenters. The van der Waals surface area contributed by atoms with Crippen molar-refractivity contribution in [2.45, 2.75) is 37.0 Å². The number of nitrogen functional groups attached to an aromatic ring is 1. The lowest BCUT2D eigenvalue weighted by Crippen LogP contribution is -2.43. The van der Waals surface area contributed by atoms with Crippen molar-refractivity contribution in [2.24, 2.45) is 5.84 Å². The predicted octanol–water partition coefficient (Wildman–Crippen LogP) is 2.42. The number of aromatic nitrogens is 1. The molecule has 2 rings (SSSR count). The van der Waals surface area contributed by atoms with E-state index >= 15 is 0 Å². The lowest BCUT2D eigenvalue weighted by atomic mass is 9.94. The highest BCUT2D eigenvalue weighted by atomic mass is 35.5. The number of amides is 1. The highest BCUT2D eigenvalue weighted by Crippen LogP contribution is 2.27. The molecule has 0 aliphatic heterocycles. The third-order valence-corrected chi connectivity index (χ3v) is 4.89. The first-order chi connectivity index (χ1) is 9.63. The second-order valence-corrected chi connectivity index (χ2v) is 6.31. The Bertz CT molecular complexity index is 485. The Morgan fingerprint density at radius 3 is 2.90 bits per heavy atom. The molecule has 4 N–H and O–H groups in total. The number of hydrazine groups is 1. The van der Waals surface area contributed by atoms with E-state index < -0.39 is 0 Å². The number of nitrogens with zero attached hydrogens (tertiary/aromatic N) is 1. The number of carbonyl (C=O) groups excluding carboxylic acids is 1. The number of nitrogens with two attached hydrogens (primary N) is 1. The third kappa shape index (κ3) is 3.77. The molecule has 1 amide bonds. The van der Waals surface area contributed by atoms with Crippen molar-refractivity contribution in [1.29, 1.82) is 0 Å². The van der Waals surface area contributed by atoms with Crippen molar-refractivity contribution in [3.8, 4) is 0 Å². The molecular formula is C13H19ClN4OS. The van der Waals surface area contributed by atoms with Gasteiger partial charge < -0.3 is 10.7 Å². The van der Waals surface area contributed by atoms with Gasteiger partial charge in [-0.2, -0.15) is 11.8 Å². The van der Waals surface area contributed by atoms with Gasteiger partial charge in [0.25, 0.3) is 5.91 Å². The average Bonchev–Trinajstić information content (AvgIpc) is 2.47. The Hall–Kier alpha value is -0.980. The monoisotopic (exact) mass is 314 g/mol. The molecule has 0 saturated heterocycles. The zero-order valence-corrected chi connectivity index (χ0v) is 12.9. The van der Waals surface area contributed by atoms with Crippen LogP contribution >= 0.6 is 23.4 Å². The minimum Gasteiger partial charge on any atom is -0.348 e. The maximum Gasteiger partial charge on any atom is 0.251 e. The van der Waals surface area contributed by atoms with E-state index in [4.69, 9.17) is 17.4 Å². The molecule has 20 heavy (non-hydrogen) atoms. The summed E-state index contributed by atoms with van der Waals surface area (Å²) < 4.78 is 0. The first-order valence-electron chi connectivity index (χ1n) is 6.62. The lowest BCUT2D eigenvalue weighted by molar-refractivity contribution is 0.0929. The van der Waals surface area contributed by atoms with Crippen LogP contribution in [0.2, 0.25) is 5.15 Å². The number of anilines is 1. The van der Waals surface area contributed by atoms with Crippen LogP contribution < -0.4 is 16.6 Å². The SMILES string of the molecule is CSC1CCCCC1NC(=O)c1cc(Cl)nc(NN)c1. The van der Waals surface area contributed by atoms with Crippen LogP contribution in [-0.2, 0) is 0 Å². The van der Waals surface area contributed by atoms with Gasteiger partial charge in [-0.15, -0.1) is 0 Å². The Labute approximate surface area is 128 Å². The van der Waals surface area contributed by atoms with E-state index in [1.807, 2.05) is 11.8 Å². The highest BCUT2D eigenvalue weighted by molar-refractivity contribution is 7.99. The second-order valence-electron chi connectivity index (χ2n) is 4.85. The van der Waals surface area contributed by atoms with Crippen molar-refractivity contribution in [3.63, 3.8) is 0 Å². The molecule has 1 fully saturated rings. The number of carbonyl (C=O) groups is 1. The zero-order valence-electron chi connectivity index (χ0n) is 11.4. The summed E-state index contributed by atoms with van der Waals surface area (Å²) in [6.07, 6.45) is 6.67. The highest BCUT2D eigenvalue weighted by Gasteiger charge is 2.26. The maximum atomic E-state index is 12.3. The fourth-order valence-corrected chi connectivity index (χ4v) is 3.64. The van der Waals surface area contributed by atoms with E-state index in [1.165, 1.54) is 6.42 Å². The van der Waals surface area contributed by atoms with Crippen molar-refractivity contribution in [2.75, 3.05) is 11.7 Å². The largest absolute Gasteiger partial charge is 0.348 e. The van der Waals surface area contributed by atoms with Crippen LogP contribution in [0, 0.1) is 0 Å². The van der Waals surface area contributed by atoms with E-state index in [1.54, 1.807) is 12.1 Å². The first kappa shape index (κ1) is 15.4. The van der Waals surface area contributed by atoms with Crippen molar-refractivity contribution in [1.82, 2.24) is 10.3 Å². The van der Waals surface area contributed by atoms with Gasteiger partial charge in [-0.1, -0.05) is 24.4 Å². The molecule has 7 heteroatoms. The van der Waals surface area contributed by atoms with Gasteiger partial charge >= 0.3 is 0 Å². The lowest BCUT2D eigenvalue weighted by Gasteiger charge is -2.31. The van der Waals surface area contributed by atoms with E-state index in [2.05, 4.69) is 22.0 Å². The molecule has 1 aliphatic rings. The van der Waals surface area contributed by atoms with E-state index in [-0.39, 0.29) is 17.1 Å². The third-order valence-electron chi connectivity index (χ3n) is 3.53. The van der Waals surface area contributed by atoms with Crippen LogP contribution in [0.1, 0.15) is 36.0 Å². The van der Waals surface area contributed by atoms with Crippen LogP contribution in [0.4, 0.5) is 5.82 Å². The number of rotatable bonds is 4. The fourth-order valence-electron chi connectivity index (χ4n) is 2.50. The quantitative estimate of drug-likeness (QED) is 0.452. The second kappa shape index (κ2) is 7.15. The van der Waals surface area contributed by atoms with Gasteiger partial charge in [0.05, 0.1) is 0 Å². The van der Waals surface area contributed by atoms with Crippen LogP contribution in [0.25, 0.3) is 0 Å². The molecule has 1 aromatic heterocycles. The summed E-state index contributed by atoms with van der Waals surface area (Å²) in [6, 6.07) is 3.36. The Morgan fingerprint density at radius 2 is 2.20 bits per heavy atom. The summed E-state index contributed by atoms with van der Waals surface area (Å²) in [6.45, 7) is 0. The number of hydrogen-bond donors (Lipinski definition) is 3. The molecule has 0 radical (unpaired) electrons. The number of nitrogens with one attached hydrogen (secondary N) is 2. The van der Waals surface area contributed by atoms with Gasteiger partial charge in [-0.25, -0.2) is 10.8 Å². The summed E-state index contributed by atoms with van der Waals surface area (Å²) in [5.41, 5.74) is 2.88. The van der Waals surface area contributed by atoms with Gasteiger partial charge in [0.1, 0.15) is 11.0 Å². The average molecular weight is 315 g/mol. The molecule has 0 bridgehead atoms. The predicted molar refractivity (Wildman–Crippen MR) is 84.1 cm³/mol. The fraction of sp³-hybridized carbons (Fsp3) is 0.538. The number of halogens is 1. The van der Waals surface area contributed by atoms with E-state index in [9.17, 15) is 4.79 Å². The Kier molecular flexibility index (Phi) is 5.51. The molecule has 5 nitrogen and oxygen atoms in total. The minimum atomic E-state index is -0.128. The van der Waals surface area contributed by atoms with E-state index in [0.717, 1.165) is 19.3 Å². The molecule has 1 heterocycles. The Morgan fingerprint density at radius 1 is 1.45 bits per heavy atom. The summed E-state index contributed by atoms with van der Waals surface area (Å²) >= 11 is 7.70. The Balaban J connectivity index is 2.09. The van der Waals surface area contributed by atoms with E-state index in [0.29, 0.717) is 16.6 Å². The zero-order chi connectivity index (χ0) is 14.5. The molecule has 0 spiro atoms. The molecule has 110 valence electrons. The molecule has 1 aromatic rings. The number of thioether (sulfide) groups is 1. The van der Waals surface area contributed by atoms with Crippen LogP contribution in [0.3, 0.4) is 0 Å². The van der Waals surface area contributed by atoms with Crippen molar-refractivity contribution >= 4 is 35.1 Å². The van der Waals surface area contributed by atoms with Gasteiger partial charge in [0.15, 0.2) is 0 Å². The van der Waals surface area contributed by atoms with Gasteiger partial charge in [-0.05, 0) is 31.2 Å². The minimum absolute atomic E-state index is 0.128. The number of hydrogen-bond acceptors (Lipinski definition) is 5. The molecule has 2 atom stereocenters. The smallest absolute Gasteiger partial charge is 0.251 e. The van der Waals surface area contributed by atoms with Crippen LogP contribution in [0.5, 0.6) is 0 Å². The van der Waals surface area contributed by atoms with Gasteiger partial charge in [0, 0.05) is 16.9 Å². The normalized spacial score (nSPS) is 22.4. The molecule has 1 saturated carbocycles. The maximum absolute atomic E-state index is 12.3. The van der Waals surface area contributed by atoms with Crippen molar-refractivity contribution < 1.29 is 4.79 Å². The summed E-state index contributed by atoms with van der Waals surface area (Å²) in [5.74, 6) is 5.56. The summed E-state index contributed by atoms with van der Waals surface area (Å²) in [4.78, 5) is 16.3. The van der Waals surface area contributed by atoms with Crippen LogP contribution in [0.15, 0.2) is 12.1 Å². The first-order valence-corrected chi connectivity index (χ1v) is 8.28. The molecule has 1 aliphatic carbocycles. The number of pyridine rings is 1. The van der Waals surface area contributed by atoms with Crippen LogP contribution in [-0.4, -0.2) is 28.4 Å². The molecular weight excluding hydrogens is 296 g/mol.